The van der Waals surface area contributed by atoms with Crippen molar-refractivity contribution in [3.8, 4) is 17.2 Å². The number of phenolic OH excluding ortho intramolecular Hbond substituents is 2. The molecule has 2 aliphatic rings. The minimum Gasteiger partial charge on any atom is -0.508 e. The molecule has 0 spiro atoms. The Kier molecular flexibility index (Phi) is 3.42. The number of ether oxygens (including phenoxy) is 1. The molecule has 1 heterocycles. The predicted octanol–water partition coefficient (Wildman–Crippen LogP) is 3.61. The number of hydrogen-bond acceptors (Lipinski definition) is 4. The zero-order valence-corrected chi connectivity index (χ0v) is 12.8. The van der Waals surface area contributed by atoms with Crippen molar-refractivity contribution in [3.05, 3.63) is 53.1 Å². The van der Waals surface area contributed by atoms with Gasteiger partial charge in [-0.15, -0.1) is 0 Å². The van der Waals surface area contributed by atoms with Gasteiger partial charge in [0.15, 0.2) is 0 Å². The normalized spacial score (nSPS) is 25.5. The predicted molar refractivity (Wildman–Crippen MR) is 85.6 cm³/mol. The zero-order valence-electron chi connectivity index (χ0n) is 12.8. The van der Waals surface area contributed by atoms with Crippen LogP contribution in [-0.2, 0) is 6.61 Å². The molecule has 4 rings (SSSR count). The van der Waals surface area contributed by atoms with Gasteiger partial charge in [-0.2, -0.15) is 0 Å². The second-order valence-corrected chi connectivity index (χ2v) is 6.51. The molecule has 3 N–H and O–H groups in total. The first kappa shape index (κ1) is 14.4. The average Bonchev–Trinajstić information content (AvgIpc) is 3.04. The summed E-state index contributed by atoms with van der Waals surface area (Å²) in [4.78, 5) is 0. The Morgan fingerprint density at radius 1 is 1.00 bits per heavy atom. The molecule has 3 atom stereocenters. The van der Waals surface area contributed by atoms with Crippen molar-refractivity contribution in [2.75, 3.05) is 0 Å². The van der Waals surface area contributed by atoms with Crippen molar-refractivity contribution in [2.45, 2.75) is 37.9 Å². The summed E-state index contributed by atoms with van der Waals surface area (Å²) in [6.07, 6.45) is 3.21. The van der Waals surface area contributed by atoms with Gasteiger partial charge >= 0.3 is 0 Å². The minimum atomic E-state index is -0.156. The lowest BCUT2D eigenvalue weighted by atomic mass is 9.79. The van der Waals surface area contributed by atoms with Crippen LogP contribution in [0, 0.1) is 5.92 Å². The molecule has 23 heavy (non-hydrogen) atoms. The van der Waals surface area contributed by atoms with Crippen molar-refractivity contribution in [2.24, 2.45) is 5.92 Å². The van der Waals surface area contributed by atoms with Gasteiger partial charge in [0, 0.05) is 17.0 Å². The van der Waals surface area contributed by atoms with E-state index < -0.39 is 0 Å². The first-order valence-corrected chi connectivity index (χ1v) is 8.09. The Morgan fingerprint density at radius 2 is 1.78 bits per heavy atom. The third-order valence-electron chi connectivity index (χ3n) is 5.17. The van der Waals surface area contributed by atoms with E-state index in [0.717, 1.165) is 30.4 Å². The number of aromatic hydroxyl groups is 2. The standard InChI is InChI=1S/C19H20O4/c20-10-12-8-14(22)9-17-15-2-1-3-16(15)18(23-19(12)17)11-4-6-13(21)7-5-11/h4-9,15-16,18,20-22H,1-3,10H2/t15-,16+,18+/m0/s1. The Bertz CT molecular complexity index is 723. The van der Waals surface area contributed by atoms with Gasteiger partial charge in [-0.25, -0.2) is 0 Å². The molecule has 4 nitrogen and oxygen atoms in total. The van der Waals surface area contributed by atoms with Crippen LogP contribution < -0.4 is 4.74 Å². The van der Waals surface area contributed by atoms with E-state index in [0.29, 0.717) is 23.1 Å². The van der Waals surface area contributed by atoms with Crippen LogP contribution in [0.15, 0.2) is 36.4 Å². The molecule has 1 aliphatic carbocycles. The van der Waals surface area contributed by atoms with Crippen molar-refractivity contribution in [3.63, 3.8) is 0 Å². The molecule has 120 valence electrons. The second-order valence-electron chi connectivity index (χ2n) is 6.51. The van der Waals surface area contributed by atoms with E-state index in [1.54, 1.807) is 24.3 Å². The maximum absolute atomic E-state index is 9.94. The summed E-state index contributed by atoms with van der Waals surface area (Å²) in [6, 6.07) is 10.5. The molecule has 2 aromatic rings. The van der Waals surface area contributed by atoms with Crippen LogP contribution in [0.3, 0.4) is 0 Å². The summed E-state index contributed by atoms with van der Waals surface area (Å²) in [6.45, 7) is -0.156. The number of aliphatic hydroxyl groups excluding tert-OH is 1. The smallest absolute Gasteiger partial charge is 0.129 e. The van der Waals surface area contributed by atoms with Gasteiger partial charge in [-0.05, 0) is 48.6 Å². The molecule has 1 saturated carbocycles. The van der Waals surface area contributed by atoms with E-state index in [1.807, 2.05) is 12.1 Å². The zero-order chi connectivity index (χ0) is 16.0. The van der Waals surface area contributed by atoms with E-state index in [9.17, 15) is 15.3 Å². The van der Waals surface area contributed by atoms with Crippen LogP contribution in [0.5, 0.6) is 17.2 Å². The molecular formula is C19H20O4. The van der Waals surface area contributed by atoms with Gasteiger partial charge in [0.2, 0.25) is 0 Å². The highest BCUT2D eigenvalue weighted by atomic mass is 16.5. The van der Waals surface area contributed by atoms with E-state index in [4.69, 9.17) is 4.74 Å². The van der Waals surface area contributed by atoms with Gasteiger partial charge in [0.05, 0.1) is 6.61 Å². The number of hydrogen-bond donors (Lipinski definition) is 3. The van der Waals surface area contributed by atoms with Gasteiger partial charge in [-0.1, -0.05) is 18.6 Å². The highest BCUT2D eigenvalue weighted by Gasteiger charge is 2.42. The first-order valence-electron chi connectivity index (χ1n) is 8.09. The van der Waals surface area contributed by atoms with E-state index in [1.165, 1.54) is 0 Å². The molecule has 1 aliphatic heterocycles. The lowest BCUT2D eigenvalue weighted by Gasteiger charge is -2.37. The minimum absolute atomic E-state index is 0.0783. The topological polar surface area (TPSA) is 69.9 Å². The van der Waals surface area contributed by atoms with Crippen molar-refractivity contribution < 1.29 is 20.1 Å². The van der Waals surface area contributed by atoms with E-state index in [2.05, 4.69) is 0 Å². The Hall–Kier alpha value is -2.20. The molecule has 0 bridgehead atoms. The number of rotatable bonds is 2. The highest BCUT2D eigenvalue weighted by molar-refractivity contribution is 5.51. The Balaban J connectivity index is 1.81. The van der Waals surface area contributed by atoms with Crippen molar-refractivity contribution >= 4 is 0 Å². The second kappa shape index (κ2) is 5.46. The SMILES string of the molecule is OCc1cc(O)cc2c1O[C@H](c1ccc(O)cc1)[C@@H]1CCC[C@H]21. The summed E-state index contributed by atoms with van der Waals surface area (Å²) in [5.74, 6) is 1.85. The molecular weight excluding hydrogens is 292 g/mol. The monoisotopic (exact) mass is 312 g/mol. The van der Waals surface area contributed by atoms with E-state index in [-0.39, 0.29) is 24.2 Å². The van der Waals surface area contributed by atoms with Gasteiger partial charge in [-0.3, -0.25) is 0 Å². The van der Waals surface area contributed by atoms with Crippen LogP contribution in [0.25, 0.3) is 0 Å². The van der Waals surface area contributed by atoms with Crippen LogP contribution in [0.4, 0.5) is 0 Å². The summed E-state index contributed by atoms with van der Waals surface area (Å²) in [5.41, 5.74) is 2.70. The summed E-state index contributed by atoms with van der Waals surface area (Å²) in [5, 5.41) is 29.1. The maximum atomic E-state index is 9.94. The molecule has 0 saturated heterocycles. The largest absolute Gasteiger partial charge is 0.508 e. The molecule has 1 fully saturated rings. The molecule has 2 aromatic carbocycles. The first-order chi connectivity index (χ1) is 11.2. The Morgan fingerprint density at radius 3 is 2.52 bits per heavy atom. The molecule has 0 unspecified atom stereocenters. The molecule has 4 heteroatoms. The molecule has 0 amide bonds. The lowest BCUT2D eigenvalue weighted by molar-refractivity contribution is 0.0999. The number of fused-ring (bicyclic) bond motifs is 3. The van der Waals surface area contributed by atoms with Gasteiger partial charge < -0.3 is 20.1 Å². The number of aliphatic hydroxyl groups is 1. The third kappa shape index (κ3) is 2.34. The molecule has 0 radical (unpaired) electrons. The van der Waals surface area contributed by atoms with Crippen molar-refractivity contribution in [1.82, 2.24) is 0 Å². The fraction of sp³-hybridized carbons (Fsp3) is 0.368. The average molecular weight is 312 g/mol. The summed E-state index contributed by atoms with van der Waals surface area (Å²) < 4.78 is 6.30. The lowest BCUT2D eigenvalue weighted by Crippen LogP contribution is -2.27. The van der Waals surface area contributed by atoms with Gasteiger partial charge in [0.25, 0.3) is 0 Å². The van der Waals surface area contributed by atoms with E-state index >= 15 is 0 Å². The van der Waals surface area contributed by atoms with Crippen LogP contribution in [0.2, 0.25) is 0 Å². The van der Waals surface area contributed by atoms with Crippen molar-refractivity contribution in [1.29, 1.82) is 0 Å². The number of phenols is 2. The van der Waals surface area contributed by atoms with Crippen LogP contribution >= 0.6 is 0 Å². The highest BCUT2D eigenvalue weighted by Crippen LogP contribution is 2.55. The maximum Gasteiger partial charge on any atom is 0.129 e. The van der Waals surface area contributed by atoms with Crippen LogP contribution in [-0.4, -0.2) is 15.3 Å². The van der Waals surface area contributed by atoms with Gasteiger partial charge in [0.1, 0.15) is 23.4 Å². The number of benzene rings is 2. The molecule has 0 aromatic heterocycles. The fourth-order valence-corrected chi connectivity index (χ4v) is 4.16. The third-order valence-corrected chi connectivity index (χ3v) is 5.17. The Labute approximate surface area is 135 Å². The fourth-order valence-electron chi connectivity index (χ4n) is 4.16. The summed E-state index contributed by atoms with van der Waals surface area (Å²) >= 11 is 0. The summed E-state index contributed by atoms with van der Waals surface area (Å²) in [7, 11) is 0. The van der Waals surface area contributed by atoms with Crippen LogP contribution in [0.1, 0.15) is 48.0 Å². The quantitative estimate of drug-likeness (QED) is 0.792.